The first-order chi connectivity index (χ1) is 9.08. The predicted molar refractivity (Wildman–Crippen MR) is 82.5 cm³/mol. The van der Waals surface area contributed by atoms with Crippen molar-refractivity contribution in [1.82, 2.24) is 9.78 Å². The first-order valence-corrected chi connectivity index (χ1v) is 7.27. The lowest BCUT2D eigenvalue weighted by atomic mass is 10.1. The summed E-state index contributed by atoms with van der Waals surface area (Å²) in [5.74, 6) is 0.0313. The third-order valence-corrected chi connectivity index (χ3v) is 4.20. The molecule has 0 saturated carbocycles. The van der Waals surface area contributed by atoms with Gasteiger partial charge in [0, 0.05) is 12.2 Å². The number of aryl methyl sites for hydroxylation is 1. The number of halogens is 1. The SMILES string of the molecule is Cc1ccc(N2C[C@H](C)n3ncc(I)c3C2=O)cc1. The minimum absolute atomic E-state index is 0.0313. The van der Waals surface area contributed by atoms with Gasteiger partial charge in [-0.2, -0.15) is 5.10 Å². The first-order valence-electron chi connectivity index (χ1n) is 6.19. The summed E-state index contributed by atoms with van der Waals surface area (Å²) in [5.41, 5.74) is 2.84. The number of carbonyl (C=O) groups excluding carboxylic acids is 1. The molecule has 1 amide bonds. The van der Waals surface area contributed by atoms with E-state index in [0.717, 1.165) is 9.26 Å². The summed E-state index contributed by atoms with van der Waals surface area (Å²) >= 11 is 2.17. The topological polar surface area (TPSA) is 38.1 Å². The Labute approximate surface area is 125 Å². The summed E-state index contributed by atoms with van der Waals surface area (Å²) < 4.78 is 2.74. The predicted octanol–water partition coefficient (Wildman–Crippen LogP) is 3.02. The second-order valence-electron chi connectivity index (χ2n) is 4.89. The van der Waals surface area contributed by atoms with Crippen molar-refractivity contribution in [3.8, 4) is 0 Å². The highest BCUT2D eigenvalue weighted by Gasteiger charge is 2.32. The summed E-state index contributed by atoms with van der Waals surface area (Å²) in [6.45, 7) is 4.79. The lowest BCUT2D eigenvalue weighted by Crippen LogP contribution is -2.42. The number of hydrogen-bond acceptors (Lipinski definition) is 2. The Bertz CT molecular complexity index is 633. The lowest BCUT2D eigenvalue weighted by Gasteiger charge is -2.32. The lowest BCUT2D eigenvalue weighted by molar-refractivity contribution is 0.0952. The molecule has 0 spiro atoms. The van der Waals surface area contributed by atoms with Crippen LogP contribution in [0.4, 0.5) is 5.69 Å². The van der Waals surface area contributed by atoms with Gasteiger partial charge in [0.25, 0.3) is 5.91 Å². The molecule has 1 aliphatic rings. The normalized spacial score (nSPS) is 18.6. The van der Waals surface area contributed by atoms with E-state index in [4.69, 9.17) is 0 Å². The maximum absolute atomic E-state index is 12.6. The molecule has 5 heteroatoms. The summed E-state index contributed by atoms with van der Waals surface area (Å²) in [7, 11) is 0. The number of hydrogen-bond donors (Lipinski definition) is 0. The van der Waals surface area contributed by atoms with Crippen LogP contribution in [0.3, 0.4) is 0 Å². The fraction of sp³-hybridized carbons (Fsp3) is 0.286. The van der Waals surface area contributed by atoms with Gasteiger partial charge in [-0.05, 0) is 48.6 Å². The van der Waals surface area contributed by atoms with E-state index in [1.54, 1.807) is 6.20 Å². The van der Waals surface area contributed by atoms with Crippen molar-refractivity contribution in [3.63, 3.8) is 0 Å². The number of benzene rings is 1. The van der Waals surface area contributed by atoms with Crippen LogP contribution in [0, 0.1) is 10.5 Å². The Balaban J connectivity index is 2.04. The van der Waals surface area contributed by atoms with E-state index in [1.807, 2.05) is 40.8 Å². The summed E-state index contributed by atoms with van der Waals surface area (Å²) in [4.78, 5) is 14.4. The molecule has 0 fully saturated rings. The molecule has 0 radical (unpaired) electrons. The zero-order chi connectivity index (χ0) is 13.6. The van der Waals surface area contributed by atoms with Crippen molar-refractivity contribution in [2.45, 2.75) is 19.9 Å². The van der Waals surface area contributed by atoms with E-state index in [-0.39, 0.29) is 11.9 Å². The summed E-state index contributed by atoms with van der Waals surface area (Å²) in [5, 5.41) is 4.29. The Kier molecular flexibility index (Phi) is 3.08. The molecule has 0 bridgehead atoms. The van der Waals surface area contributed by atoms with E-state index in [0.29, 0.717) is 12.2 Å². The van der Waals surface area contributed by atoms with Crippen molar-refractivity contribution >= 4 is 34.2 Å². The molecule has 1 aromatic carbocycles. The average Bonchev–Trinajstić information content (AvgIpc) is 2.78. The van der Waals surface area contributed by atoms with Crippen LogP contribution in [0.15, 0.2) is 30.5 Å². The van der Waals surface area contributed by atoms with Crippen LogP contribution >= 0.6 is 22.6 Å². The molecule has 1 aromatic heterocycles. The molecule has 1 atom stereocenters. The number of carbonyl (C=O) groups is 1. The van der Waals surface area contributed by atoms with Crippen LogP contribution < -0.4 is 4.90 Å². The second-order valence-corrected chi connectivity index (χ2v) is 6.05. The smallest absolute Gasteiger partial charge is 0.277 e. The Morgan fingerprint density at radius 1 is 1.32 bits per heavy atom. The molecule has 98 valence electrons. The van der Waals surface area contributed by atoms with Crippen molar-refractivity contribution in [2.24, 2.45) is 0 Å². The van der Waals surface area contributed by atoms with Gasteiger partial charge in [-0.3, -0.25) is 9.48 Å². The molecule has 0 unspecified atom stereocenters. The number of anilines is 1. The first kappa shape index (κ1) is 12.7. The fourth-order valence-corrected chi connectivity index (χ4v) is 2.98. The van der Waals surface area contributed by atoms with Gasteiger partial charge in [-0.1, -0.05) is 17.7 Å². The van der Waals surface area contributed by atoms with Gasteiger partial charge in [0.1, 0.15) is 5.69 Å². The number of fused-ring (bicyclic) bond motifs is 1. The zero-order valence-corrected chi connectivity index (χ0v) is 13.0. The third kappa shape index (κ3) is 2.05. The van der Waals surface area contributed by atoms with Gasteiger partial charge < -0.3 is 4.90 Å². The van der Waals surface area contributed by atoms with E-state index in [9.17, 15) is 4.79 Å². The van der Waals surface area contributed by atoms with Crippen LogP contribution in [0.2, 0.25) is 0 Å². The monoisotopic (exact) mass is 367 g/mol. The highest BCUT2D eigenvalue weighted by Crippen LogP contribution is 2.28. The minimum Gasteiger partial charge on any atom is -0.305 e. The summed E-state index contributed by atoms with van der Waals surface area (Å²) in [6.07, 6.45) is 1.75. The van der Waals surface area contributed by atoms with E-state index in [1.165, 1.54) is 5.56 Å². The van der Waals surface area contributed by atoms with E-state index in [2.05, 4.69) is 34.6 Å². The molecule has 0 saturated heterocycles. The molecule has 2 heterocycles. The van der Waals surface area contributed by atoms with Crippen LogP contribution in [0.25, 0.3) is 0 Å². The Morgan fingerprint density at radius 2 is 2.00 bits per heavy atom. The number of aromatic nitrogens is 2. The molecule has 0 aliphatic carbocycles. The standard InChI is InChI=1S/C14H14IN3O/c1-9-3-5-11(6-4-9)17-8-10(2)18-13(14(17)19)12(15)7-16-18/h3-7,10H,8H2,1-2H3/t10-/m0/s1. The van der Waals surface area contributed by atoms with Crippen LogP contribution in [-0.4, -0.2) is 22.2 Å². The highest BCUT2D eigenvalue weighted by atomic mass is 127. The van der Waals surface area contributed by atoms with Gasteiger partial charge in [0.2, 0.25) is 0 Å². The van der Waals surface area contributed by atoms with Gasteiger partial charge in [0.15, 0.2) is 0 Å². The molecule has 2 aromatic rings. The van der Waals surface area contributed by atoms with Crippen molar-refractivity contribution < 1.29 is 4.79 Å². The second kappa shape index (κ2) is 4.63. The van der Waals surface area contributed by atoms with Gasteiger partial charge >= 0.3 is 0 Å². The molecule has 0 N–H and O–H groups in total. The molecule has 3 rings (SSSR count). The molecular weight excluding hydrogens is 353 g/mol. The van der Waals surface area contributed by atoms with Crippen molar-refractivity contribution in [3.05, 3.63) is 45.3 Å². The van der Waals surface area contributed by atoms with Crippen LogP contribution in [-0.2, 0) is 0 Å². The van der Waals surface area contributed by atoms with Crippen molar-refractivity contribution in [2.75, 3.05) is 11.4 Å². The third-order valence-electron chi connectivity index (χ3n) is 3.41. The van der Waals surface area contributed by atoms with Crippen molar-refractivity contribution in [1.29, 1.82) is 0 Å². The minimum atomic E-state index is 0.0313. The maximum atomic E-state index is 12.6. The zero-order valence-electron chi connectivity index (χ0n) is 10.8. The summed E-state index contributed by atoms with van der Waals surface area (Å²) in [6, 6.07) is 8.25. The average molecular weight is 367 g/mol. The fourth-order valence-electron chi connectivity index (χ4n) is 2.38. The quantitative estimate of drug-likeness (QED) is 0.727. The van der Waals surface area contributed by atoms with Gasteiger partial charge in [0.05, 0.1) is 15.8 Å². The Hall–Kier alpha value is -1.37. The largest absolute Gasteiger partial charge is 0.305 e. The molecule has 19 heavy (non-hydrogen) atoms. The number of nitrogens with zero attached hydrogens (tertiary/aromatic N) is 3. The molecular formula is C14H14IN3O. The number of rotatable bonds is 1. The molecule has 1 aliphatic heterocycles. The van der Waals surface area contributed by atoms with Gasteiger partial charge in [-0.25, -0.2) is 0 Å². The molecule has 4 nitrogen and oxygen atoms in total. The highest BCUT2D eigenvalue weighted by molar-refractivity contribution is 14.1. The maximum Gasteiger partial charge on any atom is 0.277 e. The van der Waals surface area contributed by atoms with E-state index >= 15 is 0 Å². The Morgan fingerprint density at radius 3 is 2.68 bits per heavy atom. The van der Waals surface area contributed by atoms with Gasteiger partial charge in [-0.15, -0.1) is 0 Å². The number of amides is 1. The van der Waals surface area contributed by atoms with E-state index < -0.39 is 0 Å². The van der Waals surface area contributed by atoms with Crippen LogP contribution in [0.5, 0.6) is 0 Å². The van der Waals surface area contributed by atoms with Crippen LogP contribution in [0.1, 0.15) is 29.0 Å².